The van der Waals surface area contributed by atoms with E-state index in [4.69, 9.17) is 24.8 Å². The summed E-state index contributed by atoms with van der Waals surface area (Å²) >= 11 is 0. The van der Waals surface area contributed by atoms with Gasteiger partial charge in [-0.2, -0.15) is 4.79 Å². The van der Waals surface area contributed by atoms with Gasteiger partial charge >= 0.3 is 18.3 Å². The average Bonchev–Trinajstić information content (AvgIpc) is 2.81. The van der Waals surface area contributed by atoms with Crippen LogP contribution in [0.25, 0.3) is 5.53 Å². The van der Waals surface area contributed by atoms with E-state index >= 15 is 0 Å². The minimum atomic E-state index is -1.59. The summed E-state index contributed by atoms with van der Waals surface area (Å²) in [5.74, 6) is -1.78. The first-order valence-corrected chi connectivity index (χ1v) is 10.1. The maximum absolute atomic E-state index is 11.9. The number of aliphatic carboxylic acids is 1. The Labute approximate surface area is 192 Å². The molecule has 1 unspecified atom stereocenters. The van der Waals surface area contributed by atoms with Gasteiger partial charge in [0.1, 0.15) is 42.8 Å². The molecule has 14 heteroatoms. The zero-order valence-electron chi connectivity index (χ0n) is 17.8. The lowest BCUT2D eigenvalue weighted by molar-refractivity contribution is -0.277. The van der Waals surface area contributed by atoms with Crippen LogP contribution >= 0.6 is 0 Å². The van der Waals surface area contributed by atoms with Crippen molar-refractivity contribution in [2.45, 2.75) is 56.2 Å². The molecule has 0 aromatic heterocycles. The van der Waals surface area contributed by atoms with E-state index in [9.17, 15) is 34.8 Å². The summed E-state index contributed by atoms with van der Waals surface area (Å²) in [7, 11) is 0. The third-order valence-corrected chi connectivity index (χ3v) is 4.87. The number of Topliss-reactive ketones (excluding diaryl/α,β-unsaturated/α-hetero) is 1. The lowest BCUT2D eigenvalue weighted by atomic mass is 9.99. The van der Waals surface area contributed by atoms with Gasteiger partial charge in [0.25, 0.3) is 0 Å². The third-order valence-electron chi connectivity index (χ3n) is 4.87. The summed E-state index contributed by atoms with van der Waals surface area (Å²) in [6.07, 6.45) is -8.05. The largest absolute Gasteiger partial charge is 0.480 e. The number of aliphatic hydroxyl groups is 4. The molecule has 0 bridgehead atoms. The highest BCUT2D eigenvalue weighted by atomic mass is 16.7. The normalized spacial score (nSPS) is 24.9. The SMILES string of the molecule is [N-]=[N+]=CC(=O)CCC(NC(=O)OCc1ccc(O[C@@H]2O[C@H](CO)[C@@H](O)[C@H](O)[C@H]2O)cc1)C(=O)O. The first kappa shape index (κ1) is 26.9. The monoisotopic (exact) mass is 483 g/mol. The number of carboxylic acid groups (broad SMARTS) is 1. The van der Waals surface area contributed by atoms with Crippen LogP contribution in [0.2, 0.25) is 0 Å². The van der Waals surface area contributed by atoms with Crippen molar-refractivity contribution >= 4 is 24.1 Å². The standard InChI is InChI=1S/C20H25N3O11/c21-22-7-11(25)3-6-13(18(29)30)23-20(31)32-9-10-1-4-12(5-2-10)33-19-17(28)16(27)15(26)14(8-24)34-19/h1-2,4-5,7,13-17,19,24,26-28H,3,6,8-9H2,(H,23,31)(H,29,30)/t13?,14-,15-,16+,17-,19-/m1/s1. The molecule has 1 fully saturated rings. The van der Waals surface area contributed by atoms with Crippen LogP contribution in [0.15, 0.2) is 24.3 Å². The lowest BCUT2D eigenvalue weighted by Gasteiger charge is -2.39. The third kappa shape index (κ3) is 7.59. The topological polar surface area (TPSA) is 228 Å². The number of aliphatic hydroxyl groups excluding tert-OH is 4. The number of ether oxygens (including phenoxy) is 3. The van der Waals surface area contributed by atoms with Gasteiger partial charge in [-0.05, 0) is 24.1 Å². The Hall–Kier alpha value is -3.39. The average molecular weight is 483 g/mol. The Kier molecular flexibility index (Phi) is 10.1. The van der Waals surface area contributed by atoms with Gasteiger partial charge in [-0.1, -0.05) is 12.1 Å². The summed E-state index contributed by atoms with van der Waals surface area (Å²) in [6.45, 7) is -0.826. The van der Waals surface area contributed by atoms with Gasteiger partial charge in [-0.3, -0.25) is 4.79 Å². The molecule has 0 radical (unpaired) electrons. The number of benzene rings is 1. The van der Waals surface area contributed by atoms with Crippen LogP contribution < -0.4 is 10.1 Å². The number of ketones is 1. The minimum absolute atomic E-state index is 0.208. The van der Waals surface area contributed by atoms with Gasteiger partial charge in [-0.25, -0.2) is 9.59 Å². The van der Waals surface area contributed by atoms with E-state index in [2.05, 4.69) is 10.1 Å². The van der Waals surface area contributed by atoms with Crippen LogP contribution in [0.5, 0.6) is 5.75 Å². The Balaban J connectivity index is 1.86. The van der Waals surface area contributed by atoms with Gasteiger partial charge in [0, 0.05) is 6.42 Å². The zero-order chi connectivity index (χ0) is 25.3. The fourth-order valence-corrected chi connectivity index (χ4v) is 2.97. The molecule has 34 heavy (non-hydrogen) atoms. The lowest BCUT2D eigenvalue weighted by Crippen LogP contribution is -2.60. The summed E-state index contributed by atoms with van der Waals surface area (Å²) in [6, 6.07) is 4.53. The first-order valence-electron chi connectivity index (χ1n) is 10.1. The van der Waals surface area contributed by atoms with Crippen molar-refractivity contribution < 1.29 is 58.9 Å². The maximum atomic E-state index is 11.9. The van der Waals surface area contributed by atoms with Gasteiger partial charge < -0.3 is 50.6 Å². The molecular formula is C20H25N3O11. The molecule has 1 aliphatic heterocycles. The van der Waals surface area contributed by atoms with Crippen LogP contribution in [-0.4, -0.2) is 97.7 Å². The molecule has 1 saturated heterocycles. The molecule has 1 heterocycles. The highest BCUT2D eigenvalue weighted by Gasteiger charge is 2.44. The van der Waals surface area contributed by atoms with Gasteiger partial charge in [-0.15, -0.1) is 0 Å². The number of carbonyl (C=O) groups excluding carboxylic acids is 2. The summed E-state index contributed by atoms with van der Waals surface area (Å²) < 4.78 is 15.7. The molecule has 2 rings (SSSR count). The van der Waals surface area contributed by atoms with Crippen molar-refractivity contribution in [1.82, 2.24) is 5.32 Å². The number of nitrogens with zero attached hydrogens (tertiary/aromatic N) is 2. The van der Waals surface area contributed by atoms with E-state index in [1.54, 1.807) is 0 Å². The maximum Gasteiger partial charge on any atom is 0.408 e. The molecule has 1 amide bonds. The van der Waals surface area contributed by atoms with Crippen LogP contribution in [-0.2, 0) is 25.7 Å². The molecule has 0 spiro atoms. The summed E-state index contributed by atoms with van der Waals surface area (Å²) in [5.41, 5.74) is 8.77. The zero-order valence-corrected chi connectivity index (χ0v) is 17.8. The molecule has 0 aliphatic carbocycles. The molecular weight excluding hydrogens is 458 g/mol. The Morgan fingerprint density at radius 2 is 1.82 bits per heavy atom. The van der Waals surface area contributed by atoms with Gasteiger partial charge in [0.05, 0.1) is 6.61 Å². The number of nitrogens with one attached hydrogen (secondary N) is 1. The number of hydrogen-bond acceptors (Lipinski definition) is 10. The predicted octanol–water partition coefficient (Wildman–Crippen LogP) is -1.81. The number of carbonyl (C=O) groups is 3. The predicted molar refractivity (Wildman–Crippen MR) is 110 cm³/mol. The first-order chi connectivity index (χ1) is 16.2. The molecule has 0 saturated carbocycles. The summed E-state index contributed by atoms with van der Waals surface area (Å²) in [4.78, 5) is 37.0. The molecule has 186 valence electrons. The molecule has 6 N–H and O–H groups in total. The van der Waals surface area contributed by atoms with E-state index in [0.717, 1.165) is 0 Å². The van der Waals surface area contributed by atoms with Crippen LogP contribution in [0, 0.1) is 0 Å². The number of amides is 1. The second-order valence-electron chi connectivity index (χ2n) is 7.32. The second kappa shape index (κ2) is 12.7. The van der Waals surface area contributed by atoms with Crippen molar-refractivity contribution in [3.63, 3.8) is 0 Å². The van der Waals surface area contributed by atoms with E-state index in [1.807, 2.05) is 0 Å². The molecule has 1 aromatic rings. The van der Waals surface area contributed by atoms with E-state index in [1.165, 1.54) is 24.3 Å². The number of carboxylic acids is 1. The number of rotatable bonds is 11. The highest BCUT2D eigenvalue weighted by molar-refractivity contribution is 6.25. The van der Waals surface area contributed by atoms with Crippen LogP contribution in [0.1, 0.15) is 18.4 Å². The second-order valence-corrected chi connectivity index (χ2v) is 7.32. The number of alkyl carbamates (subject to hydrolysis) is 1. The van der Waals surface area contributed by atoms with Gasteiger partial charge in [0.2, 0.25) is 12.1 Å². The summed E-state index contributed by atoms with van der Waals surface area (Å²) in [5, 5.41) is 50.1. The molecule has 6 atom stereocenters. The van der Waals surface area contributed by atoms with Crippen molar-refractivity contribution in [3.05, 3.63) is 35.4 Å². The van der Waals surface area contributed by atoms with Crippen molar-refractivity contribution in [2.24, 2.45) is 0 Å². The highest BCUT2D eigenvalue weighted by Crippen LogP contribution is 2.24. The van der Waals surface area contributed by atoms with Gasteiger partial charge in [0.15, 0.2) is 0 Å². The van der Waals surface area contributed by atoms with E-state index in [0.29, 0.717) is 11.8 Å². The van der Waals surface area contributed by atoms with E-state index in [-0.39, 0.29) is 25.2 Å². The van der Waals surface area contributed by atoms with Crippen LogP contribution in [0.4, 0.5) is 4.79 Å². The quantitative estimate of drug-likeness (QED) is 0.117. The molecule has 14 nitrogen and oxygen atoms in total. The Morgan fingerprint density at radius 1 is 1.15 bits per heavy atom. The smallest absolute Gasteiger partial charge is 0.408 e. The minimum Gasteiger partial charge on any atom is -0.480 e. The molecule has 1 aromatic carbocycles. The molecule has 1 aliphatic rings. The Bertz CT molecular complexity index is 902. The Morgan fingerprint density at radius 3 is 2.41 bits per heavy atom. The fourth-order valence-electron chi connectivity index (χ4n) is 2.97. The van der Waals surface area contributed by atoms with Crippen LogP contribution in [0.3, 0.4) is 0 Å². The fraction of sp³-hybridized carbons (Fsp3) is 0.500. The van der Waals surface area contributed by atoms with Crippen molar-refractivity contribution in [2.75, 3.05) is 6.61 Å². The van der Waals surface area contributed by atoms with E-state index < -0.39 is 61.2 Å². The number of hydrogen-bond donors (Lipinski definition) is 6. The van der Waals surface area contributed by atoms with Crippen molar-refractivity contribution in [1.29, 1.82) is 0 Å². The van der Waals surface area contributed by atoms with Crippen molar-refractivity contribution in [3.8, 4) is 5.75 Å².